The minimum absolute atomic E-state index is 0.0109. The monoisotopic (exact) mass is 377 g/mol. The Kier molecular flexibility index (Phi) is 5.11. The number of alkyl carbamates (subject to hydrolysis) is 1. The van der Waals surface area contributed by atoms with E-state index in [-0.39, 0.29) is 18.0 Å². The summed E-state index contributed by atoms with van der Waals surface area (Å²) in [5.74, 6) is -1.00. The van der Waals surface area contributed by atoms with E-state index >= 15 is 0 Å². The van der Waals surface area contributed by atoms with Gasteiger partial charge in [0.25, 0.3) is 5.91 Å². The number of nitrogens with two attached hydrogens (primary N) is 1. The van der Waals surface area contributed by atoms with Crippen LogP contribution in [-0.4, -0.2) is 24.3 Å². The second kappa shape index (κ2) is 7.31. The predicted molar refractivity (Wildman–Crippen MR) is 95.1 cm³/mol. The molecule has 1 fully saturated rings. The van der Waals surface area contributed by atoms with Gasteiger partial charge in [-0.2, -0.15) is 0 Å². The summed E-state index contributed by atoms with van der Waals surface area (Å²) < 4.78 is 18.5. The Morgan fingerprint density at radius 1 is 1.31 bits per heavy atom. The number of amides is 2. The van der Waals surface area contributed by atoms with Crippen molar-refractivity contribution < 1.29 is 18.7 Å². The third-order valence-corrected chi connectivity index (χ3v) is 4.23. The van der Waals surface area contributed by atoms with Crippen LogP contribution in [0.2, 0.25) is 5.02 Å². The number of hydrogen-bond donors (Lipinski definition) is 2. The first-order valence-corrected chi connectivity index (χ1v) is 8.33. The van der Waals surface area contributed by atoms with Gasteiger partial charge < -0.3 is 15.0 Å². The molecule has 26 heavy (non-hydrogen) atoms. The molecule has 0 spiro atoms. The van der Waals surface area contributed by atoms with Gasteiger partial charge in [-0.25, -0.2) is 9.18 Å². The van der Waals surface area contributed by atoms with Crippen LogP contribution in [0.3, 0.4) is 0 Å². The Morgan fingerprint density at radius 3 is 2.73 bits per heavy atom. The van der Waals surface area contributed by atoms with Crippen LogP contribution >= 0.6 is 11.6 Å². The Hall–Kier alpha value is -2.64. The minimum atomic E-state index is -1.74. The molecule has 0 unspecified atom stereocenters. The highest BCUT2D eigenvalue weighted by atomic mass is 35.5. The quantitative estimate of drug-likeness (QED) is 0.802. The van der Waals surface area contributed by atoms with Gasteiger partial charge in [-0.05, 0) is 35.9 Å². The average molecular weight is 378 g/mol. The summed E-state index contributed by atoms with van der Waals surface area (Å²) in [6, 6.07) is 12.9. The molecule has 3 rings (SSSR count). The van der Waals surface area contributed by atoms with E-state index < -0.39 is 23.5 Å². The molecule has 0 radical (unpaired) electrons. The molecule has 0 saturated carbocycles. The van der Waals surface area contributed by atoms with E-state index in [1.54, 1.807) is 24.3 Å². The number of carbonyl (C=O) groups excluding carboxylic acids is 2. The molecule has 1 saturated heterocycles. The van der Waals surface area contributed by atoms with Crippen molar-refractivity contribution in [2.75, 3.05) is 11.4 Å². The van der Waals surface area contributed by atoms with E-state index in [1.165, 1.54) is 17.0 Å². The summed E-state index contributed by atoms with van der Waals surface area (Å²) in [5.41, 5.74) is 5.40. The summed E-state index contributed by atoms with van der Waals surface area (Å²) in [6.07, 6.45) is -0.698. The molecule has 6 nitrogen and oxygen atoms in total. The van der Waals surface area contributed by atoms with Crippen molar-refractivity contribution in [2.24, 2.45) is 5.73 Å². The van der Waals surface area contributed by atoms with Crippen molar-refractivity contribution in [3.8, 4) is 0 Å². The van der Waals surface area contributed by atoms with Crippen molar-refractivity contribution in [1.82, 2.24) is 5.32 Å². The van der Waals surface area contributed by atoms with Gasteiger partial charge in [0, 0.05) is 30.2 Å². The van der Waals surface area contributed by atoms with Gasteiger partial charge in [-0.3, -0.25) is 10.5 Å². The van der Waals surface area contributed by atoms with Gasteiger partial charge in [0.2, 0.25) is 5.72 Å². The lowest BCUT2D eigenvalue weighted by molar-refractivity contribution is -0.133. The first-order chi connectivity index (χ1) is 12.4. The lowest BCUT2D eigenvalue weighted by Crippen LogP contribution is -2.53. The highest BCUT2D eigenvalue weighted by molar-refractivity contribution is 6.30. The molecule has 1 heterocycles. The molecule has 0 aromatic heterocycles. The van der Waals surface area contributed by atoms with Crippen molar-refractivity contribution >= 4 is 29.3 Å². The van der Waals surface area contributed by atoms with E-state index in [2.05, 4.69) is 5.32 Å². The number of carbonyl (C=O) groups is 2. The standard InChI is InChI=1S/C18H17ClFN3O3/c19-13-8-12(9-14(20)10-13)11-22-17(25)26-18(21)6-7-23(16(18)24)15-4-2-1-3-5-15/h1-5,8-10H,6-7,11,21H2,(H,22,25)/t18-/m1/s1. The summed E-state index contributed by atoms with van der Waals surface area (Å²) in [5, 5.41) is 2.66. The first-order valence-electron chi connectivity index (χ1n) is 7.95. The normalized spacial score (nSPS) is 19.5. The number of nitrogens with zero attached hydrogens (tertiary/aromatic N) is 1. The van der Waals surface area contributed by atoms with Crippen molar-refractivity contribution in [1.29, 1.82) is 0 Å². The maximum Gasteiger partial charge on any atom is 0.409 e. The fraction of sp³-hybridized carbons (Fsp3) is 0.222. The Bertz CT molecular complexity index is 813. The first kappa shape index (κ1) is 18.2. The Balaban J connectivity index is 1.61. The van der Waals surface area contributed by atoms with Crippen LogP contribution < -0.4 is 16.0 Å². The zero-order valence-electron chi connectivity index (χ0n) is 13.7. The van der Waals surface area contributed by atoms with E-state index in [0.717, 1.165) is 6.07 Å². The molecule has 136 valence electrons. The highest BCUT2D eigenvalue weighted by Crippen LogP contribution is 2.27. The molecule has 2 amide bonds. The van der Waals surface area contributed by atoms with Gasteiger partial charge in [0.1, 0.15) is 5.82 Å². The molecular weight excluding hydrogens is 361 g/mol. The maximum absolute atomic E-state index is 13.3. The van der Waals surface area contributed by atoms with E-state index in [9.17, 15) is 14.0 Å². The van der Waals surface area contributed by atoms with Crippen LogP contribution in [0, 0.1) is 5.82 Å². The van der Waals surface area contributed by atoms with Crippen LogP contribution in [0.25, 0.3) is 0 Å². The maximum atomic E-state index is 13.3. The van der Waals surface area contributed by atoms with Crippen LogP contribution in [0.1, 0.15) is 12.0 Å². The SMILES string of the molecule is N[C@@]1(OC(=O)NCc2cc(F)cc(Cl)c2)CCN(c2ccccc2)C1=O. The number of ether oxygens (including phenoxy) is 1. The van der Waals surface area contributed by atoms with Crippen molar-refractivity contribution in [3.63, 3.8) is 0 Å². The zero-order valence-corrected chi connectivity index (χ0v) is 14.5. The summed E-state index contributed by atoms with van der Waals surface area (Å²) >= 11 is 5.76. The number of hydrogen-bond acceptors (Lipinski definition) is 4. The topological polar surface area (TPSA) is 84.7 Å². The molecule has 3 N–H and O–H groups in total. The summed E-state index contributed by atoms with van der Waals surface area (Å²) in [7, 11) is 0. The molecule has 0 bridgehead atoms. The highest BCUT2D eigenvalue weighted by Gasteiger charge is 2.47. The fourth-order valence-electron chi connectivity index (χ4n) is 2.75. The smallest absolute Gasteiger partial charge is 0.409 e. The van der Waals surface area contributed by atoms with Gasteiger partial charge in [0.05, 0.1) is 0 Å². The molecule has 8 heteroatoms. The van der Waals surface area contributed by atoms with Crippen molar-refractivity contribution in [3.05, 3.63) is 64.9 Å². The number of benzene rings is 2. The lowest BCUT2D eigenvalue weighted by atomic mass is 10.2. The van der Waals surface area contributed by atoms with Gasteiger partial charge >= 0.3 is 6.09 Å². The van der Waals surface area contributed by atoms with Crippen LogP contribution in [-0.2, 0) is 16.1 Å². The molecule has 1 aliphatic heterocycles. The number of nitrogens with one attached hydrogen (secondary N) is 1. The minimum Gasteiger partial charge on any atom is -0.418 e. The van der Waals surface area contributed by atoms with E-state index in [1.807, 2.05) is 6.07 Å². The molecule has 2 aromatic carbocycles. The van der Waals surface area contributed by atoms with Gasteiger partial charge in [-0.15, -0.1) is 0 Å². The molecular formula is C18H17ClFN3O3. The molecule has 0 aliphatic carbocycles. The zero-order chi connectivity index (χ0) is 18.7. The summed E-state index contributed by atoms with van der Waals surface area (Å²) in [4.78, 5) is 26.1. The third-order valence-electron chi connectivity index (χ3n) is 4.02. The summed E-state index contributed by atoms with van der Waals surface area (Å²) in [6.45, 7) is 0.328. The molecule has 1 atom stereocenters. The number of para-hydroxylation sites is 1. The molecule has 2 aromatic rings. The number of halogens is 2. The number of rotatable bonds is 4. The van der Waals surface area contributed by atoms with Gasteiger partial charge in [0.15, 0.2) is 0 Å². The largest absolute Gasteiger partial charge is 0.418 e. The lowest BCUT2D eigenvalue weighted by Gasteiger charge is -2.23. The third kappa shape index (κ3) is 3.95. The van der Waals surface area contributed by atoms with Crippen LogP contribution in [0.5, 0.6) is 0 Å². The predicted octanol–water partition coefficient (Wildman–Crippen LogP) is 2.80. The van der Waals surface area contributed by atoms with E-state index in [0.29, 0.717) is 17.8 Å². The molecule has 1 aliphatic rings. The van der Waals surface area contributed by atoms with Crippen LogP contribution in [0.15, 0.2) is 48.5 Å². The Morgan fingerprint density at radius 2 is 2.04 bits per heavy atom. The van der Waals surface area contributed by atoms with Crippen LogP contribution in [0.4, 0.5) is 14.9 Å². The fourth-order valence-corrected chi connectivity index (χ4v) is 3.00. The van der Waals surface area contributed by atoms with E-state index in [4.69, 9.17) is 22.1 Å². The second-order valence-corrected chi connectivity index (χ2v) is 6.39. The number of anilines is 1. The Labute approximate surface area is 154 Å². The second-order valence-electron chi connectivity index (χ2n) is 5.95. The average Bonchev–Trinajstić information content (AvgIpc) is 2.88. The van der Waals surface area contributed by atoms with Gasteiger partial charge in [-0.1, -0.05) is 29.8 Å². The van der Waals surface area contributed by atoms with Crippen molar-refractivity contribution in [2.45, 2.75) is 18.7 Å².